The lowest BCUT2D eigenvalue weighted by Gasteiger charge is -2.04. The van der Waals surface area contributed by atoms with Crippen molar-refractivity contribution >= 4 is 11.6 Å². The number of rotatable bonds is 3. The highest BCUT2D eigenvalue weighted by Crippen LogP contribution is 2.22. The number of nitrogens with zero attached hydrogens (tertiary/aromatic N) is 9. The van der Waals surface area contributed by atoms with E-state index in [4.69, 9.17) is 10.1 Å². The molecule has 0 aliphatic carbocycles. The Bertz CT molecular complexity index is 1600. The van der Waals surface area contributed by atoms with Crippen molar-refractivity contribution in [2.45, 2.75) is 0 Å². The molecule has 0 radical (unpaired) electrons. The quantitative estimate of drug-likeness (QED) is 0.442. The average molecular weight is 407 g/mol. The minimum atomic E-state index is -0.262. The van der Waals surface area contributed by atoms with Gasteiger partial charge in [0.2, 0.25) is 5.78 Å². The van der Waals surface area contributed by atoms with Gasteiger partial charge in [0, 0.05) is 17.8 Å². The monoisotopic (exact) mass is 407 g/mol. The maximum Gasteiger partial charge on any atom is 0.274 e. The second-order valence-corrected chi connectivity index (χ2v) is 6.79. The second-order valence-electron chi connectivity index (χ2n) is 6.79. The van der Waals surface area contributed by atoms with Gasteiger partial charge in [0.25, 0.3) is 11.3 Å². The first-order valence-electron chi connectivity index (χ1n) is 9.47. The Hall–Kier alpha value is -4.73. The Morgan fingerprint density at radius 1 is 0.806 bits per heavy atom. The van der Waals surface area contributed by atoms with E-state index in [0.717, 1.165) is 11.3 Å². The molecule has 6 rings (SSSR count). The molecule has 4 heterocycles. The van der Waals surface area contributed by atoms with Crippen molar-refractivity contribution in [3.05, 3.63) is 89.3 Å². The molecule has 10 heteroatoms. The molecule has 0 fully saturated rings. The molecule has 0 atom stereocenters. The molecular formula is C21H13N9O. The SMILES string of the molecule is O=c1cc(-c2ccccc2)nc2n(-c3ccccc3)nc(-c3ccn4nnnc4n3)n12. The zero-order valence-corrected chi connectivity index (χ0v) is 15.9. The minimum absolute atomic E-state index is 0.262. The van der Waals surface area contributed by atoms with Crippen LogP contribution in [0.5, 0.6) is 0 Å². The summed E-state index contributed by atoms with van der Waals surface area (Å²) >= 11 is 0. The van der Waals surface area contributed by atoms with E-state index in [2.05, 4.69) is 20.5 Å². The zero-order chi connectivity index (χ0) is 20.8. The smallest absolute Gasteiger partial charge is 0.269 e. The number of hydrogen-bond donors (Lipinski definition) is 0. The highest BCUT2D eigenvalue weighted by Gasteiger charge is 2.19. The summed E-state index contributed by atoms with van der Waals surface area (Å²) in [6.07, 6.45) is 1.67. The summed E-state index contributed by atoms with van der Waals surface area (Å²) in [7, 11) is 0. The van der Waals surface area contributed by atoms with Crippen molar-refractivity contribution < 1.29 is 0 Å². The first-order valence-corrected chi connectivity index (χ1v) is 9.47. The average Bonchev–Trinajstić information content (AvgIpc) is 3.44. The molecule has 4 aromatic heterocycles. The number of tetrazole rings is 1. The molecule has 10 nitrogen and oxygen atoms in total. The van der Waals surface area contributed by atoms with E-state index < -0.39 is 0 Å². The lowest BCUT2D eigenvalue weighted by molar-refractivity contribution is 0.820. The standard InChI is InChI=1S/C21H13N9O/c31-18-13-17(14-7-3-1-4-8-14)23-21-29(18)19(25-30(21)15-9-5-2-6-10-15)16-11-12-28-20(22-16)24-26-27-28/h1-13H. The fourth-order valence-corrected chi connectivity index (χ4v) is 3.43. The van der Waals surface area contributed by atoms with Crippen molar-refractivity contribution in [1.82, 2.24) is 44.2 Å². The third-order valence-corrected chi connectivity index (χ3v) is 4.87. The van der Waals surface area contributed by atoms with Gasteiger partial charge in [-0.1, -0.05) is 53.6 Å². The van der Waals surface area contributed by atoms with Crippen LogP contribution in [0.4, 0.5) is 0 Å². The Morgan fingerprint density at radius 2 is 1.58 bits per heavy atom. The zero-order valence-electron chi connectivity index (χ0n) is 15.9. The van der Waals surface area contributed by atoms with Crippen molar-refractivity contribution in [3.8, 4) is 28.5 Å². The van der Waals surface area contributed by atoms with Gasteiger partial charge >= 0.3 is 0 Å². The molecule has 6 aromatic rings. The predicted molar refractivity (Wildman–Crippen MR) is 112 cm³/mol. The van der Waals surface area contributed by atoms with Crippen molar-refractivity contribution in [2.75, 3.05) is 0 Å². The molecule has 0 N–H and O–H groups in total. The van der Waals surface area contributed by atoms with Gasteiger partial charge in [0.05, 0.1) is 11.4 Å². The number of benzene rings is 2. The van der Waals surface area contributed by atoms with Gasteiger partial charge in [-0.05, 0) is 28.6 Å². The number of aromatic nitrogens is 9. The summed E-state index contributed by atoms with van der Waals surface area (Å²) in [5.41, 5.74) is 2.38. The maximum absolute atomic E-state index is 13.2. The molecule has 0 aliphatic rings. The van der Waals surface area contributed by atoms with Gasteiger partial charge in [-0.15, -0.1) is 5.10 Å². The topological polar surface area (TPSA) is 108 Å². The van der Waals surface area contributed by atoms with Crippen LogP contribution >= 0.6 is 0 Å². The van der Waals surface area contributed by atoms with Gasteiger partial charge in [-0.2, -0.15) is 9.20 Å². The lowest BCUT2D eigenvalue weighted by Crippen LogP contribution is -2.15. The maximum atomic E-state index is 13.2. The van der Waals surface area contributed by atoms with Gasteiger partial charge in [-0.25, -0.2) is 14.4 Å². The predicted octanol–water partition coefficient (Wildman–Crippen LogP) is 2.05. The Morgan fingerprint density at radius 3 is 2.39 bits per heavy atom. The summed E-state index contributed by atoms with van der Waals surface area (Å²) < 4.78 is 4.52. The molecule has 31 heavy (non-hydrogen) atoms. The van der Waals surface area contributed by atoms with Gasteiger partial charge in [0.15, 0.2) is 5.82 Å². The van der Waals surface area contributed by atoms with Crippen LogP contribution in [-0.2, 0) is 0 Å². The van der Waals surface area contributed by atoms with Crippen LogP contribution in [0.3, 0.4) is 0 Å². The molecule has 0 amide bonds. The normalized spacial score (nSPS) is 11.4. The van der Waals surface area contributed by atoms with Crippen LogP contribution in [0.15, 0.2) is 83.8 Å². The van der Waals surface area contributed by atoms with E-state index in [0.29, 0.717) is 28.8 Å². The number of para-hydroxylation sites is 1. The van der Waals surface area contributed by atoms with Crippen LogP contribution < -0.4 is 5.56 Å². The van der Waals surface area contributed by atoms with Crippen LogP contribution in [-0.4, -0.2) is 44.2 Å². The molecular weight excluding hydrogens is 394 g/mol. The van der Waals surface area contributed by atoms with E-state index in [9.17, 15) is 4.79 Å². The fraction of sp³-hybridized carbons (Fsp3) is 0. The lowest BCUT2D eigenvalue weighted by atomic mass is 10.1. The molecule has 0 saturated carbocycles. The summed E-state index contributed by atoms with van der Waals surface area (Å²) in [6.45, 7) is 0. The fourth-order valence-electron chi connectivity index (χ4n) is 3.43. The van der Waals surface area contributed by atoms with Gasteiger partial charge in [-0.3, -0.25) is 4.79 Å². The Labute approximate surface area is 174 Å². The van der Waals surface area contributed by atoms with Crippen molar-refractivity contribution in [3.63, 3.8) is 0 Å². The number of fused-ring (bicyclic) bond motifs is 2. The first-order chi connectivity index (χ1) is 15.3. The first kappa shape index (κ1) is 17.2. The summed E-state index contributed by atoms with van der Waals surface area (Å²) in [5.74, 6) is 1.04. The van der Waals surface area contributed by atoms with E-state index in [1.54, 1.807) is 16.9 Å². The third kappa shape index (κ3) is 2.77. The van der Waals surface area contributed by atoms with Crippen molar-refractivity contribution in [1.29, 1.82) is 0 Å². The van der Waals surface area contributed by atoms with E-state index in [1.165, 1.54) is 15.0 Å². The minimum Gasteiger partial charge on any atom is -0.269 e. The highest BCUT2D eigenvalue weighted by atomic mass is 16.1. The Kier molecular flexibility index (Phi) is 3.69. The highest BCUT2D eigenvalue weighted by molar-refractivity contribution is 5.64. The van der Waals surface area contributed by atoms with E-state index in [1.807, 2.05) is 60.7 Å². The molecule has 2 aromatic carbocycles. The molecule has 0 aliphatic heterocycles. The largest absolute Gasteiger partial charge is 0.274 e. The molecule has 0 saturated heterocycles. The van der Waals surface area contributed by atoms with Crippen LogP contribution in [0.1, 0.15) is 0 Å². The van der Waals surface area contributed by atoms with Crippen molar-refractivity contribution in [2.24, 2.45) is 0 Å². The summed E-state index contributed by atoms with van der Waals surface area (Å²) in [5, 5.41) is 16.0. The molecule has 148 valence electrons. The summed E-state index contributed by atoms with van der Waals surface area (Å²) in [6, 6.07) is 22.3. The van der Waals surface area contributed by atoms with E-state index >= 15 is 0 Å². The molecule has 0 spiro atoms. The van der Waals surface area contributed by atoms with Crippen LogP contribution in [0.25, 0.3) is 40.0 Å². The summed E-state index contributed by atoms with van der Waals surface area (Å²) in [4.78, 5) is 22.4. The van der Waals surface area contributed by atoms with Gasteiger partial charge < -0.3 is 0 Å². The van der Waals surface area contributed by atoms with Crippen LogP contribution in [0.2, 0.25) is 0 Å². The molecule has 0 unspecified atom stereocenters. The third-order valence-electron chi connectivity index (χ3n) is 4.87. The van der Waals surface area contributed by atoms with Gasteiger partial charge in [0.1, 0.15) is 5.69 Å². The van der Waals surface area contributed by atoms with Crippen LogP contribution in [0, 0.1) is 0 Å². The second kappa shape index (κ2) is 6.66. The van der Waals surface area contributed by atoms with E-state index in [-0.39, 0.29) is 5.56 Å². The molecule has 0 bridgehead atoms. The number of hydrogen-bond acceptors (Lipinski definition) is 7. The Balaban J connectivity index is 1.67.